The van der Waals surface area contributed by atoms with Gasteiger partial charge in [-0.05, 0) is 19.3 Å². The Balaban J connectivity index is 2.05. The first-order valence-electron chi connectivity index (χ1n) is 7.06. The van der Waals surface area contributed by atoms with Crippen LogP contribution in [0.2, 0.25) is 0 Å². The summed E-state index contributed by atoms with van der Waals surface area (Å²) in [6, 6.07) is 0.0920. The lowest BCUT2D eigenvalue weighted by Gasteiger charge is -2.49. The van der Waals surface area contributed by atoms with Gasteiger partial charge in [-0.2, -0.15) is 0 Å². The molecular formula is C14H26N2O3. The van der Waals surface area contributed by atoms with Crippen LogP contribution in [0.5, 0.6) is 0 Å². The van der Waals surface area contributed by atoms with Crippen LogP contribution in [0.15, 0.2) is 0 Å². The van der Waals surface area contributed by atoms with Crippen LogP contribution in [-0.2, 0) is 9.59 Å². The van der Waals surface area contributed by atoms with Gasteiger partial charge < -0.3 is 15.7 Å². The van der Waals surface area contributed by atoms with Gasteiger partial charge in [-0.25, -0.2) is 0 Å². The van der Waals surface area contributed by atoms with Crippen LogP contribution < -0.4 is 10.6 Å². The van der Waals surface area contributed by atoms with Gasteiger partial charge in [-0.15, -0.1) is 0 Å². The first kappa shape index (κ1) is 16.0. The first-order chi connectivity index (χ1) is 8.84. The summed E-state index contributed by atoms with van der Waals surface area (Å²) in [6.45, 7) is 6.13. The van der Waals surface area contributed by atoms with E-state index in [4.69, 9.17) is 0 Å². The van der Waals surface area contributed by atoms with Crippen molar-refractivity contribution in [2.24, 2.45) is 5.41 Å². The molecule has 0 aromatic heterocycles. The number of hydrogen-bond acceptors (Lipinski definition) is 3. The standard InChI is InChI=1S/C14H26N2O3/c1-10(17)15-8-6-4-5-7-13(19)16-11-9-12(18)14(11,2)3/h11-12,18H,4-9H2,1-3H3,(H,15,17)(H,16,19). The van der Waals surface area contributed by atoms with Crippen molar-refractivity contribution in [2.45, 2.75) is 65.0 Å². The molecule has 110 valence electrons. The normalized spacial score (nSPS) is 24.4. The summed E-state index contributed by atoms with van der Waals surface area (Å²) in [6.07, 6.45) is 3.53. The van der Waals surface area contributed by atoms with E-state index in [1.807, 2.05) is 13.8 Å². The van der Waals surface area contributed by atoms with Gasteiger partial charge in [-0.3, -0.25) is 9.59 Å². The summed E-state index contributed by atoms with van der Waals surface area (Å²) in [4.78, 5) is 22.4. The summed E-state index contributed by atoms with van der Waals surface area (Å²) in [5, 5.41) is 15.3. The average molecular weight is 270 g/mol. The zero-order chi connectivity index (χ0) is 14.5. The molecule has 0 aliphatic heterocycles. The second-order valence-corrected chi connectivity index (χ2v) is 5.99. The molecule has 0 radical (unpaired) electrons. The lowest BCUT2D eigenvalue weighted by molar-refractivity contribution is -0.129. The topological polar surface area (TPSA) is 78.4 Å². The van der Waals surface area contributed by atoms with Crippen LogP contribution in [0.1, 0.15) is 52.9 Å². The number of carbonyl (C=O) groups excluding carboxylic acids is 2. The predicted octanol–water partition coefficient (Wildman–Crippen LogP) is 0.958. The third-order valence-corrected chi connectivity index (χ3v) is 4.01. The number of hydrogen-bond donors (Lipinski definition) is 3. The van der Waals surface area contributed by atoms with Crippen molar-refractivity contribution in [3.05, 3.63) is 0 Å². The van der Waals surface area contributed by atoms with E-state index in [2.05, 4.69) is 10.6 Å². The molecule has 2 unspecified atom stereocenters. The second kappa shape index (κ2) is 6.89. The number of aliphatic hydroxyl groups excluding tert-OH is 1. The monoisotopic (exact) mass is 270 g/mol. The minimum Gasteiger partial charge on any atom is -0.392 e. The van der Waals surface area contributed by atoms with Crippen molar-refractivity contribution in [2.75, 3.05) is 6.54 Å². The highest BCUT2D eigenvalue weighted by atomic mass is 16.3. The van der Waals surface area contributed by atoms with E-state index in [0.29, 0.717) is 19.4 Å². The van der Waals surface area contributed by atoms with Gasteiger partial charge in [-0.1, -0.05) is 20.3 Å². The third kappa shape index (κ3) is 4.82. The van der Waals surface area contributed by atoms with Gasteiger partial charge in [0.25, 0.3) is 0 Å². The van der Waals surface area contributed by atoms with Gasteiger partial charge in [0.2, 0.25) is 11.8 Å². The number of nitrogens with one attached hydrogen (secondary N) is 2. The maximum atomic E-state index is 11.7. The molecule has 0 aromatic rings. The molecule has 1 aliphatic rings. The number of carbonyl (C=O) groups is 2. The Bertz CT molecular complexity index is 329. The Morgan fingerprint density at radius 2 is 1.95 bits per heavy atom. The van der Waals surface area contributed by atoms with Crippen LogP contribution in [0.3, 0.4) is 0 Å². The van der Waals surface area contributed by atoms with E-state index in [-0.39, 0.29) is 29.4 Å². The van der Waals surface area contributed by atoms with Gasteiger partial charge in [0, 0.05) is 31.3 Å². The number of amides is 2. The lowest BCUT2D eigenvalue weighted by atomic mass is 9.64. The number of unbranched alkanes of at least 4 members (excludes halogenated alkanes) is 2. The minimum atomic E-state index is -0.310. The molecule has 0 heterocycles. The maximum Gasteiger partial charge on any atom is 0.220 e. The van der Waals surface area contributed by atoms with Crippen molar-refractivity contribution < 1.29 is 14.7 Å². The number of aliphatic hydroxyl groups is 1. The van der Waals surface area contributed by atoms with Gasteiger partial charge in [0.05, 0.1) is 6.10 Å². The summed E-state index contributed by atoms with van der Waals surface area (Å²) in [5.74, 6) is 0.0491. The largest absolute Gasteiger partial charge is 0.392 e. The molecule has 1 rings (SSSR count). The predicted molar refractivity (Wildman–Crippen MR) is 73.5 cm³/mol. The fourth-order valence-electron chi connectivity index (χ4n) is 2.27. The van der Waals surface area contributed by atoms with E-state index in [9.17, 15) is 14.7 Å². The minimum absolute atomic E-state index is 0.0106. The van der Waals surface area contributed by atoms with Crippen LogP contribution in [0, 0.1) is 5.41 Å². The van der Waals surface area contributed by atoms with Crippen molar-refractivity contribution in [1.82, 2.24) is 10.6 Å². The van der Waals surface area contributed by atoms with E-state index in [1.54, 1.807) is 0 Å². The summed E-state index contributed by atoms with van der Waals surface area (Å²) in [7, 11) is 0. The fraction of sp³-hybridized carbons (Fsp3) is 0.857. The molecule has 0 saturated heterocycles. The average Bonchev–Trinajstić information content (AvgIpc) is 2.33. The van der Waals surface area contributed by atoms with Crippen molar-refractivity contribution in [1.29, 1.82) is 0 Å². The van der Waals surface area contributed by atoms with Crippen molar-refractivity contribution in [3.63, 3.8) is 0 Å². The van der Waals surface area contributed by atoms with E-state index in [1.165, 1.54) is 6.92 Å². The highest BCUT2D eigenvalue weighted by molar-refractivity contribution is 5.76. The molecule has 0 spiro atoms. The molecule has 19 heavy (non-hydrogen) atoms. The highest BCUT2D eigenvalue weighted by Gasteiger charge is 2.47. The zero-order valence-corrected chi connectivity index (χ0v) is 12.2. The molecular weight excluding hydrogens is 244 g/mol. The molecule has 5 nitrogen and oxygen atoms in total. The SMILES string of the molecule is CC(=O)NCCCCCC(=O)NC1CC(O)C1(C)C. The quantitative estimate of drug-likeness (QED) is 0.603. The van der Waals surface area contributed by atoms with E-state index in [0.717, 1.165) is 19.3 Å². The van der Waals surface area contributed by atoms with Gasteiger partial charge in [0.1, 0.15) is 0 Å². The molecule has 5 heteroatoms. The van der Waals surface area contributed by atoms with E-state index < -0.39 is 0 Å². The zero-order valence-electron chi connectivity index (χ0n) is 12.2. The Morgan fingerprint density at radius 1 is 1.26 bits per heavy atom. The Kier molecular flexibility index (Phi) is 5.79. The Labute approximate surface area is 115 Å². The molecule has 1 saturated carbocycles. The maximum absolute atomic E-state index is 11.7. The molecule has 2 amide bonds. The van der Waals surface area contributed by atoms with Crippen molar-refractivity contribution >= 4 is 11.8 Å². The molecule has 1 fully saturated rings. The van der Waals surface area contributed by atoms with Crippen LogP contribution >= 0.6 is 0 Å². The molecule has 0 bridgehead atoms. The van der Waals surface area contributed by atoms with Gasteiger partial charge in [0.15, 0.2) is 0 Å². The van der Waals surface area contributed by atoms with E-state index >= 15 is 0 Å². The molecule has 1 aliphatic carbocycles. The Hall–Kier alpha value is -1.10. The molecule has 2 atom stereocenters. The summed E-state index contributed by atoms with van der Waals surface area (Å²) in [5.41, 5.74) is -0.207. The highest BCUT2D eigenvalue weighted by Crippen LogP contribution is 2.40. The summed E-state index contributed by atoms with van der Waals surface area (Å²) < 4.78 is 0. The van der Waals surface area contributed by atoms with Crippen LogP contribution in [0.25, 0.3) is 0 Å². The summed E-state index contributed by atoms with van der Waals surface area (Å²) >= 11 is 0. The van der Waals surface area contributed by atoms with Crippen LogP contribution in [-0.4, -0.2) is 35.6 Å². The lowest BCUT2D eigenvalue weighted by Crippen LogP contribution is -2.61. The fourth-order valence-corrected chi connectivity index (χ4v) is 2.27. The van der Waals surface area contributed by atoms with Crippen molar-refractivity contribution in [3.8, 4) is 0 Å². The molecule has 0 aromatic carbocycles. The van der Waals surface area contributed by atoms with Gasteiger partial charge >= 0.3 is 0 Å². The number of rotatable bonds is 7. The smallest absolute Gasteiger partial charge is 0.220 e. The first-order valence-corrected chi connectivity index (χ1v) is 7.06. The third-order valence-electron chi connectivity index (χ3n) is 4.01. The Morgan fingerprint density at radius 3 is 2.47 bits per heavy atom. The second-order valence-electron chi connectivity index (χ2n) is 5.99. The molecule has 3 N–H and O–H groups in total. The van der Waals surface area contributed by atoms with Crippen LogP contribution in [0.4, 0.5) is 0 Å².